The van der Waals surface area contributed by atoms with Crippen LogP contribution in [0.5, 0.6) is 17.5 Å². The average molecular weight is 486 g/mol. The van der Waals surface area contributed by atoms with Gasteiger partial charge in [0.1, 0.15) is 5.75 Å². The van der Waals surface area contributed by atoms with Crippen molar-refractivity contribution in [1.82, 2.24) is 15.0 Å². The number of ether oxygens (including phenoxy) is 2. The molecule has 0 aliphatic rings. The normalized spacial score (nSPS) is 11.1. The van der Waals surface area contributed by atoms with E-state index in [0.29, 0.717) is 10.8 Å². The molecule has 4 rings (SSSR count). The molecule has 33 heavy (non-hydrogen) atoms. The minimum absolute atomic E-state index is 0.0259. The number of phenolic OH excluding ortho intramolecular Hbond substituents is 1. The molecule has 12 heteroatoms. The summed E-state index contributed by atoms with van der Waals surface area (Å²) < 4.78 is 37.9. The predicted molar refractivity (Wildman–Crippen MR) is 125 cm³/mol. The number of aromatic nitrogens is 3. The van der Waals surface area contributed by atoms with E-state index in [4.69, 9.17) is 9.47 Å². The number of phenols is 1. The van der Waals surface area contributed by atoms with Crippen molar-refractivity contribution >= 4 is 38.1 Å². The molecular formula is C21H19N5O5S2. The SMILES string of the molecule is COc1cc(OC)nc(NS(=O)(=O)c2ccc(Nc3nc(-c4cccc(O)c4)cs3)cc2)n1. The Bertz CT molecular complexity index is 1350. The highest BCUT2D eigenvalue weighted by Crippen LogP contribution is 2.29. The Morgan fingerprint density at radius 3 is 2.27 bits per heavy atom. The molecule has 2 aromatic heterocycles. The van der Waals surface area contributed by atoms with Crippen LogP contribution < -0.4 is 19.5 Å². The van der Waals surface area contributed by atoms with Gasteiger partial charge in [-0.25, -0.2) is 18.1 Å². The van der Waals surface area contributed by atoms with Crippen molar-refractivity contribution in [3.05, 3.63) is 60.0 Å². The molecule has 0 radical (unpaired) electrons. The number of nitrogens with zero attached hydrogens (tertiary/aromatic N) is 3. The van der Waals surface area contributed by atoms with Crippen molar-refractivity contribution in [2.75, 3.05) is 24.3 Å². The van der Waals surface area contributed by atoms with Gasteiger partial charge in [-0.15, -0.1) is 11.3 Å². The largest absolute Gasteiger partial charge is 0.508 e. The lowest BCUT2D eigenvalue weighted by Gasteiger charge is -2.10. The Labute approximate surface area is 194 Å². The smallest absolute Gasteiger partial charge is 0.264 e. The number of nitrogens with one attached hydrogen (secondary N) is 2. The van der Waals surface area contributed by atoms with Gasteiger partial charge < -0.3 is 19.9 Å². The van der Waals surface area contributed by atoms with E-state index < -0.39 is 10.0 Å². The first-order valence-electron chi connectivity index (χ1n) is 9.48. The number of anilines is 3. The van der Waals surface area contributed by atoms with Gasteiger partial charge in [0.25, 0.3) is 10.0 Å². The lowest BCUT2D eigenvalue weighted by molar-refractivity contribution is 0.373. The number of rotatable bonds is 8. The molecule has 2 aromatic carbocycles. The van der Waals surface area contributed by atoms with Crippen LogP contribution in [-0.4, -0.2) is 42.7 Å². The summed E-state index contributed by atoms with van der Waals surface area (Å²) in [6, 6.07) is 14.4. The summed E-state index contributed by atoms with van der Waals surface area (Å²) in [5.74, 6) is 0.314. The molecule has 0 amide bonds. The van der Waals surface area contributed by atoms with E-state index in [2.05, 4.69) is 25.0 Å². The maximum absolute atomic E-state index is 12.7. The Morgan fingerprint density at radius 1 is 0.939 bits per heavy atom. The maximum Gasteiger partial charge on any atom is 0.264 e. The number of hydrogen-bond donors (Lipinski definition) is 3. The fourth-order valence-corrected chi connectivity index (χ4v) is 4.49. The minimum atomic E-state index is -3.94. The summed E-state index contributed by atoms with van der Waals surface area (Å²) in [5, 5.41) is 15.3. The monoisotopic (exact) mass is 485 g/mol. The van der Waals surface area contributed by atoms with E-state index in [1.807, 2.05) is 11.4 Å². The third kappa shape index (κ3) is 5.30. The van der Waals surface area contributed by atoms with E-state index in [1.165, 1.54) is 43.8 Å². The topological polar surface area (TPSA) is 136 Å². The molecular weight excluding hydrogens is 466 g/mol. The van der Waals surface area contributed by atoms with Crippen molar-refractivity contribution < 1.29 is 23.0 Å². The Hall–Kier alpha value is -3.90. The number of benzene rings is 2. The average Bonchev–Trinajstić information content (AvgIpc) is 3.27. The zero-order valence-corrected chi connectivity index (χ0v) is 19.1. The van der Waals surface area contributed by atoms with Crippen LogP contribution in [0.3, 0.4) is 0 Å². The molecule has 0 spiro atoms. The molecule has 0 unspecified atom stereocenters. The van der Waals surface area contributed by atoms with E-state index in [1.54, 1.807) is 30.3 Å². The lowest BCUT2D eigenvalue weighted by atomic mass is 10.2. The zero-order valence-electron chi connectivity index (χ0n) is 17.5. The molecule has 10 nitrogen and oxygen atoms in total. The van der Waals surface area contributed by atoms with Crippen LogP contribution in [0.4, 0.5) is 16.8 Å². The Balaban J connectivity index is 1.48. The summed E-state index contributed by atoms with van der Waals surface area (Å²) >= 11 is 1.39. The van der Waals surface area contributed by atoms with E-state index in [9.17, 15) is 13.5 Å². The number of sulfonamides is 1. The van der Waals surface area contributed by atoms with Gasteiger partial charge >= 0.3 is 0 Å². The van der Waals surface area contributed by atoms with Gasteiger partial charge in [0.05, 0.1) is 30.9 Å². The first kappa shape index (κ1) is 22.3. The van der Waals surface area contributed by atoms with Gasteiger partial charge in [-0.2, -0.15) is 9.97 Å². The van der Waals surface area contributed by atoms with Crippen LogP contribution in [0.1, 0.15) is 0 Å². The fraction of sp³-hybridized carbons (Fsp3) is 0.0952. The quantitative estimate of drug-likeness (QED) is 0.340. The van der Waals surface area contributed by atoms with Gasteiger partial charge in [-0.05, 0) is 36.4 Å². The van der Waals surface area contributed by atoms with Crippen LogP contribution in [0, 0.1) is 0 Å². The summed E-state index contributed by atoms with van der Waals surface area (Å²) in [6.45, 7) is 0. The van der Waals surface area contributed by atoms with E-state index in [0.717, 1.165) is 11.3 Å². The van der Waals surface area contributed by atoms with E-state index in [-0.39, 0.29) is 28.4 Å². The summed E-state index contributed by atoms with van der Waals surface area (Å²) in [5.41, 5.74) is 2.17. The van der Waals surface area contributed by atoms with E-state index >= 15 is 0 Å². The molecule has 0 bridgehead atoms. The second kappa shape index (κ2) is 9.30. The zero-order chi connectivity index (χ0) is 23.4. The van der Waals surface area contributed by atoms with Crippen LogP contribution in [0.2, 0.25) is 0 Å². The van der Waals surface area contributed by atoms with Gasteiger partial charge in [0.15, 0.2) is 5.13 Å². The van der Waals surface area contributed by atoms with Crippen molar-refractivity contribution in [3.63, 3.8) is 0 Å². The molecule has 2 heterocycles. The van der Waals surface area contributed by atoms with Crippen molar-refractivity contribution in [2.45, 2.75) is 4.90 Å². The molecule has 0 fully saturated rings. The highest BCUT2D eigenvalue weighted by Gasteiger charge is 2.17. The molecule has 170 valence electrons. The van der Waals surface area contributed by atoms with Crippen LogP contribution in [0.15, 0.2) is 64.9 Å². The van der Waals surface area contributed by atoms with Gasteiger partial charge in [-0.1, -0.05) is 12.1 Å². The minimum Gasteiger partial charge on any atom is -0.508 e. The van der Waals surface area contributed by atoms with Crippen LogP contribution in [-0.2, 0) is 10.0 Å². The molecule has 3 N–H and O–H groups in total. The summed E-state index contributed by atoms with van der Waals surface area (Å²) in [7, 11) is -1.13. The molecule has 0 saturated heterocycles. The van der Waals surface area contributed by atoms with Gasteiger partial charge in [0, 0.05) is 16.6 Å². The summed E-state index contributed by atoms with van der Waals surface area (Å²) in [6.07, 6.45) is 0. The van der Waals surface area contributed by atoms with Crippen molar-refractivity contribution in [1.29, 1.82) is 0 Å². The number of thiazole rings is 1. The molecule has 0 aliphatic carbocycles. The molecule has 0 aliphatic heterocycles. The third-order valence-electron chi connectivity index (χ3n) is 4.39. The number of aromatic hydroxyl groups is 1. The highest BCUT2D eigenvalue weighted by molar-refractivity contribution is 7.92. The first-order valence-corrected chi connectivity index (χ1v) is 11.8. The highest BCUT2D eigenvalue weighted by atomic mass is 32.2. The second-order valence-corrected chi connectivity index (χ2v) is 9.16. The first-order chi connectivity index (χ1) is 15.9. The maximum atomic E-state index is 12.7. The number of methoxy groups -OCH3 is 2. The molecule has 0 atom stereocenters. The van der Waals surface area contributed by atoms with Crippen LogP contribution >= 0.6 is 11.3 Å². The predicted octanol–water partition coefficient (Wildman–Crippen LogP) is 3.87. The van der Waals surface area contributed by atoms with Gasteiger partial charge in [-0.3, -0.25) is 0 Å². The standard InChI is InChI=1S/C21H19N5O5S2/c1-30-18-11-19(31-2)25-20(24-18)26-33(28,29)16-8-6-14(7-9-16)22-21-23-17(12-32-21)13-4-3-5-15(27)10-13/h3-12,27H,1-2H3,(H,22,23)(H,24,25,26). The van der Waals surface area contributed by atoms with Crippen molar-refractivity contribution in [2.24, 2.45) is 0 Å². The Morgan fingerprint density at radius 2 is 1.64 bits per heavy atom. The lowest BCUT2D eigenvalue weighted by Crippen LogP contribution is -2.15. The summed E-state index contributed by atoms with van der Waals surface area (Å²) in [4.78, 5) is 12.5. The Kier molecular flexibility index (Phi) is 6.29. The fourth-order valence-electron chi connectivity index (χ4n) is 2.81. The third-order valence-corrected chi connectivity index (χ3v) is 6.49. The molecule has 0 saturated carbocycles. The van der Waals surface area contributed by atoms with Gasteiger partial charge in [0.2, 0.25) is 17.7 Å². The van der Waals surface area contributed by atoms with Crippen LogP contribution in [0.25, 0.3) is 11.3 Å². The molecule has 4 aromatic rings. The van der Waals surface area contributed by atoms with Crippen molar-refractivity contribution in [3.8, 4) is 28.8 Å². The number of hydrogen-bond acceptors (Lipinski definition) is 10. The second-order valence-electron chi connectivity index (χ2n) is 6.62.